The topological polar surface area (TPSA) is 108 Å². The van der Waals surface area contributed by atoms with Crippen molar-refractivity contribution in [2.24, 2.45) is 5.92 Å². The summed E-state index contributed by atoms with van der Waals surface area (Å²) < 4.78 is 5.20. The third-order valence-corrected chi connectivity index (χ3v) is 3.26. The number of rotatable bonds is 6. The van der Waals surface area contributed by atoms with Gasteiger partial charge in [-0.3, -0.25) is 19.8 Å². The average Bonchev–Trinajstić information content (AvgIpc) is 2.83. The van der Waals surface area contributed by atoms with Crippen molar-refractivity contribution < 1.29 is 24.2 Å². The standard InChI is InChI=1S/C13H23N3O5/c1-4-16(10-7-21-6-9(10)12(18)19)5-11(17)15-13(20)14-8(2)3/h8-10H,4-7H2,1-3H3,(H,18,19)(H2,14,15,17,20). The molecule has 0 bridgehead atoms. The molecule has 1 rings (SSSR count). The quantitative estimate of drug-likeness (QED) is 0.618. The molecule has 1 aliphatic heterocycles. The molecule has 8 nitrogen and oxygen atoms in total. The molecule has 3 amide bonds. The van der Waals surface area contributed by atoms with Crippen molar-refractivity contribution in [1.82, 2.24) is 15.5 Å². The Morgan fingerprint density at radius 2 is 2.00 bits per heavy atom. The van der Waals surface area contributed by atoms with Crippen LogP contribution in [0.2, 0.25) is 0 Å². The Bertz CT molecular complexity index is 399. The van der Waals surface area contributed by atoms with Gasteiger partial charge in [0.2, 0.25) is 5.91 Å². The Balaban J connectivity index is 2.55. The molecule has 3 N–H and O–H groups in total. The molecule has 1 fully saturated rings. The lowest BCUT2D eigenvalue weighted by Gasteiger charge is -2.28. The first-order chi connectivity index (χ1) is 9.85. The van der Waals surface area contributed by atoms with E-state index in [1.807, 2.05) is 6.92 Å². The molecule has 2 unspecified atom stereocenters. The van der Waals surface area contributed by atoms with E-state index in [0.29, 0.717) is 6.54 Å². The Morgan fingerprint density at radius 1 is 1.33 bits per heavy atom. The van der Waals surface area contributed by atoms with Crippen molar-refractivity contribution >= 4 is 17.9 Å². The molecular weight excluding hydrogens is 278 g/mol. The number of ether oxygens (including phenoxy) is 1. The Kier molecular flexibility index (Phi) is 6.57. The summed E-state index contributed by atoms with van der Waals surface area (Å²) in [5.41, 5.74) is 0. The summed E-state index contributed by atoms with van der Waals surface area (Å²) >= 11 is 0. The number of carbonyl (C=O) groups is 3. The number of aliphatic carboxylic acids is 1. The van der Waals surface area contributed by atoms with E-state index in [1.54, 1.807) is 18.7 Å². The predicted octanol–water partition coefficient (Wildman–Crippen LogP) is -0.358. The molecule has 8 heteroatoms. The molecule has 1 saturated heterocycles. The average molecular weight is 301 g/mol. The summed E-state index contributed by atoms with van der Waals surface area (Å²) in [6.45, 7) is 6.28. The summed E-state index contributed by atoms with van der Waals surface area (Å²) in [5.74, 6) is -2.05. The van der Waals surface area contributed by atoms with Gasteiger partial charge in [-0.05, 0) is 20.4 Å². The van der Waals surface area contributed by atoms with E-state index in [1.165, 1.54) is 0 Å². The number of likely N-dealkylation sites (N-methyl/N-ethyl adjacent to an activating group) is 1. The van der Waals surface area contributed by atoms with Gasteiger partial charge in [0, 0.05) is 12.1 Å². The first-order valence-electron chi connectivity index (χ1n) is 7.00. The second-order valence-electron chi connectivity index (χ2n) is 5.29. The maximum atomic E-state index is 11.8. The van der Waals surface area contributed by atoms with Gasteiger partial charge in [0.05, 0.1) is 25.7 Å². The molecule has 2 atom stereocenters. The van der Waals surface area contributed by atoms with Crippen LogP contribution in [0.25, 0.3) is 0 Å². The number of amides is 3. The number of urea groups is 1. The molecule has 0 aromatic carbocycles. The van der Waals surface area contributed by atoms with Crippen molar-refractivity contribution in [3.8, 4) is 0 Å². The van der Waals surface area contributed by atoms with Gasteiger partial charge in [-0.15, -0.1) is 0 Å². The van der Waals surface area contributed by atoms with Crippen molar-refractivity contribution in [3.05, 3.63) is 0 Å². The summed E-state index contributed by atoms with van der Waals surface area (Å²) in [6.07, 6.45) is 0. The van der Waals surface area contributed by atoms with Crippen LogP contribution in [-0.2, 0) is 14.3 Å². The van der Waals surface area contributed by atoms with Crippen LogP contribution in [0.3, 0.4) is 0 Å². The van der Waals surface area contributed by atoms with Crippen LogP contribution in [0.15, 0.2) is 0 Å². The number of hydrogen-bond donors (Lipinski definition) is 3. The zero-order chi connectivity index (χ0) is 16.0. The lowest BCUT2D eigenvalue weighted by atomic mass is 10.0. The van der Waals surface area contributed by atoms with Crippen LogP contribution in [0.4, 0.5) is 4.79 Å². The maximum Gasteiger partial charge on any atom is 0.321 e. The third kappa shape index (κ3) is 5.31. The highest BCUT2D eigenvalue weighted by atomic mass is 16.5. The smallest absolute Gasteiger partial charge is 0.321 e. The van der Waals surface area contributed by atoms with Crippen LogP contribution >= 0.6 is 0 Å². The fraction of sp³-hybridized carbons (Fsp3) is 0.769. The summed E-state index contributed by atoms with van der Waals surface area (Å²) in [7, 11) is 0. The second kappa shape index (κ2) is 7.94. The van der Waals surface area contributed by atoms with Gasteiger partial charge in [-0.2, -0.15) is 0 Å². The van der Waals surface area contributed by atoms with E-state index in [4.69, 9.17) is 9.84 Å². The van der Waals surface area contributed by atoms with E-state index in [9.17, 15) is 14.4 Å². The van der Waals surface area contributed by atoms with Crippen LogP contribution < -0.4 is 10.6 Å². The Morgan fingerprint density at radius 3 is 2.52 bits per heavy atom. The molecule has 1 aliphatic rings. The predicted molar refractivity (Wildman–Crippen MR) is 74.8 cm³/mol. The van der Waals surface area contributed by atoms with Gasteiger partial charge in [-0.25, -0.2) is 4.79 Å². The lowest BCUT2D eigenvalue weighted by molar-refractivity contribution is -0.143. The fourth-order valence-electron chi connectivity index (χ4n) is 2.25. The number of carbonyl (C=O) groups excluding carboxylic acids is 2. The number of carboxylic acids is 1. The lowest BCUT2D eigenvalue weighted by Crippen LogP contribution is -2.50. The minimum atomic E-state index is -0.936. The van der Waals surface area contributed by atoms with Gasteiger partial charge >= 0.3 is 12.0 Å². The van der Waals surface area contributed by atoms with Gasteiger partial charge in [-0.1, -0.05) is 6.92 Å². The van der Waals surface area contributed by atoms with Crippen molar-refractivity contribution in [1.29, 1.82) is 0 Å². The van der Waals surface area contributed by atoms with Gasteiger partial charge in [0.1, 0.15) is 0 Å². The van der Waals surface area contributed by atoms with E-state index >= 15 is 0 Å². The van der Waals surface area contributed by atoms with Crippen molar-refractivity contribution in [3.63, 3.8) is 0 Å². The summed E-state index contributed by atoms with van der Waals surface area (Å²) in [4.78, 5) is 36.1. The van der Waals surface area contributed by atoms with Crippen LogP contribution in [0.1, 0.15) is 20.8 Å². The number of imide groups is 1. The Hall–Kier alpha value is -1.67. The summed E-state index contributed by atoms with van der Waals surface area (Å²) in [5, 5.41) is 13.9. The van der Waals surface area contributed by atoms with Gasteiger partial charge in [0.15, 0.2) is 0 Å². The van der Waals surface area contributed by atoms with Crippen molar-refractivity contribution in [2.45, 2.75) is 32.9 Å². The molecule has 0 aliphatic carbocycles. The molecule has 0 spiro atoms. The van der Waals surface area contributed by atoms with Crippen LogP contribution in [0, 0.1) is 5.92 Å². The minimum Gasteiger partial charge on any atom is -0.481 e. The zero-order valence-electron chi connectivity index (χ0n) is 12.6. The molecule has 1 heterocycles. The van der Waals surface area contributed by atoms with Crippen LogP contribution in [-0.4, -0.2) is 66.3 Å². The summed E-state index contributed by atoms with van der Waals surface area (Å²) in [6, 6.07) is -0.977. The molecule has 0 radical (unpaired) electrons. The first kappa shape index (κ1) is 17.4. The largest absolute Gasteiger partial charge is 0.481 e. The minimum absolute atomic E-state index is 0.0418. The highest BCUT2D eigenvalue weighted by Gasteiger charge is 2.38. The highest BCUT2D eigenvalue weighted by Crippen LogP contribution is 2.19. The first-order valence-corrected chi connectivity index (χ1v) is 7.00. The molecule has 0 aromatic rings. The monoisotopic (exact) mass is 301 g/mol. The second-order valence-corrected chi connectivity index (χ2v) is 5.29. The zero-order valence-corrected chi connectivity index (χ0v) is 12.6. The number of nitrogens with one attached hydrogen (secondary N) is 2. The van der Waals surface area contributed by atoms with E-state index < -0.39 is 23.8 Å². The highest BCUT2D eigenvalue weighted by molar-refractivity contribution is 5.95. The SMILES string of the molecule is CCN(CC(=O)NC(=O)NC(C)C)C1COCC1C(=O)O. The number of nitrogens with zero attached hydrogens (tertiary/aromatic N) is 1. The maximum absolute atomic E-state index is 11.8. The molecular formula is C13H23N3O5. The van der Waals surface area contributed by atoms with E-state index in [2.05, 4.69) is 10.6 Å². The van der Waals surface area contributed by atoms with E-state index in [0.717, 1.165) is 0 Å². The van der Waals surface area contributed by atoms with E-state index in [-0.39, 0.29) is 31.8 Å². The van der Waals surface area contributed by atoms with Crippen molar-refractivity contribution in [2.75, 3.05) is 26.3 Å². The number of hydrogen-bond acceptors (Lipinski definition) is 5. The Labute approximate surface area is 123 Å². The van der Waals surface area contributed by atoms with Crippen LogP contribution in [0.5, 0.6) is 0 Å². The number of carboxylic acid groups (broad SMARTS) is 1. The molecule has 0 saturated carbocycles. The molecule has 120 valence electrons. The fourth-order valence-corrected chi connectivity index (χ4v) is 2.25. The van der Waals surface area contributed by atoms with Gasteiger partial charge in [0.25, 0.3) is 0 Å². The third-order valence-electron chi connectivity index (χ3n) is 3.26. The molecule has 0 aromatic heterocycles. The van der Waals surface area contributed by atoms with Gasteiger partial charge < -0.3 is 15.2 Å². The molecule has 21 heavy (non-hydrogen) atoms. The normalized spacial score (nSPS) is 21.6.